The minimum absolute atomic E-state index is 0.337. The smallest absolute Gasteiger partial charge is 0.0639 e. The van der Waals surface area contributed by atoms with Gasteiger partial charge in [0.1, 0.15) is 0 Å². The van der Waals surface area contributed by atoms with Crippen molar-refractivity contribution in [3.8, 4) is 0 Å². The molecule has 20 heavy (non-hydrogen) atoms. The fourth-order valence-corrected chi connectivity index (χ4v) is 2.43. The Bertz CT molecular complexity index is 189. The Morgan fingerprint density at radius 1 is 0.600 bits per heavy atom. The lowest BCUT2D eigenvalue weighted by molar-refractivity contribution is 0.0660. The van der Waals surface area contributed by atoms with E-state index < -0.39 is 12.2 Å². The molecule has 0 bridgehead atoms. The van der Waals surface area contributed by atoms with Gasteiger partial charge in [0.2, 0.25) is 0 Å². The Kier molecular flexibility index (Phi) is 10.4. The van der Waals surface area contributed by atoms with Gasteiger partial charge in [0, 0.05) is 39.3 Å². The molecule has 3 atom stereocenters. The summed E-state index contributed by atoms with van der Waals surface area (Å²) in [6.45, 7) is 14.0. The lowest BCUT2D eigenvalue weighted by Crippen LogP contribution is -2.43. The minimum atomic E-state index is -0.399. The van der Waals surface area contributed by atoms with Crippen LogP contribution in [0.2, 0.25) is 0 Å². The number of nitrogens with zero attached hydrogens (tertiary/aromatic N) is 2. The van der Waals surface area contributed by atoms with E-state index in [0.717, 1.165) is 19.6 Å². The summed E-state index contributed by atoms with van der Waals surface area (Å²) in [7, 11) is 0. The molecule has 0 spiro atoms. The SMILES string of the molecule is CC(C)CN(CCN(CC(C)O)CC(C)O)CC(C)O. The molecule has 0 saturated heterocycles. The van der Waals surface area contributed by atoms with Crippen LogP contribution in [0.15, 0.2) is 0 Å². The Morgan fingerprint density at radius 2 is 0.900 bits per heavy atom. The molecule has 0 heterocycles. The summed E-state index contributed by atoms with van der Waals surface area (Å²) in [4.78, 5) is 4.32. The molecule has 0 aromatic rings. The minimum Gasteiger partial charge on any atom is -0.392 e. The van der Waals surface area contributed by atoms with E-state index in [1.165, 1.54) is 0 Å². The molecule has 122 valence electrons. The van der Waals surface area contributed by atoms with E-state index in [-0.39, 0.29) is 6.10 Å². The zero-order chi connectivity index (χ0) is 15.7. The van der Waals surface area contributed by atoms with Crippen LogP contribution in [0.3, 0.4) is 0 Å². The molecule has 5 heteroatoms. The van der Waals surface area contributed by atoms with Crippen LogP contribution in [0.1, 0.15) is 34.6 Å². The van der Waals surface area contributed by atoms with E-state index in [4.69, 9.17) is 0 Å². The van der Waals surface area contributed by atoms with Crippen LogP contribution in [0.5, 0.6) is 0 Å². The average Bonchev–Trinajstić information content (AvgIpc) is 2.22. The molecule has 0 amide bonds. The zero-order valence-corrected chi connectivity index (χ0v) is 13.8. The standard InChI is InChI=1S/C15H34N2O3/c1-12(2)8-16(9-13(3)18)6-7-17(10-14(4)19)11-15(5)20/h12-15,18-20H,6-11H2,1-5H3. The van der Waals surface area contributed by atoms with Crippen molar-refractivity contribution in [2.75, 3.05) is 39.3 Å². The van der Waals surface area contributed by atoms with Crippen molar-refractivity contribution >= 4 is 0 Å². The zero-order valence-electron chi connectivity index (χ0n) is 13.8. The highest BCUT2D eigenvalue weighted by Crippen LogP contribution is 2.03. The monoisotopic (exact) mass is 290 g/mol. The molecule has 0 saturated carbocycles. The molecule has 0 fully saturated rings. The Hall–Kier alpha value is -0.200. The summed E-state index contributed by atoms with van der Waals surface area (Å²) in [6.07, 6.45) is -1.14. The van der Waals surface area contributed by atoms with Gasteiger partial charge in [-0.3, -0.25) is 9.80 Å². The van der Waals surface area contributed by atoms with Gasteiger partial charge in [0.25, 0.3) is 0 Å². The Balaban J connectivity index is 4.35. The van der Waals surface area contributed by atoms with Crippen molar-refractivity contribution in [3.05, 3.63) is 0 Å². The maximum Gasteiger partial charge on any atom is 0.0639 e. The second-order valence-corrected chi connectivity index (χ2v) is 6.46. The summed E-state index contributed by atoms with van der Waals surface area (Å²) >= 11 is 0. The molecule has 0 aliphatic rings. The third kappa shape index (κ3) is 11.6. The van der Waals surface area contributed by atoms with Crippen LogP contribution in [0.4, 0.5) is 0 Å². The fourth-order valence-electron chi connectivity index (χ4n) is 2.43. The molecule has 3 unspecified atom stereocenters. The molecule has 5 nitrogen and oxygen atoms in total. The predicted octanol–water partition coefficient (Wildman–Crippen LogP) is 0.389. The van der Waals surface area contributed by atoms with Crippen molar-refractivity contribution in [1.82, 2.24) is 9.80 Å². The first-order valence-electron chi connectivity index (χ1n) is 7.69. The normalized spacial score (nSPS) is 16.9. The molecule has 0 rings (SSSR count). The van der Waals surface area contributed by atoms with Crippen LogP contribution >= 0.6 is 0 Å². The van der Waals surface area contributed by atoms with Gasteiger partial charge in [-0.15, -0.1) is 0 Å². The maximum absolute atomic E-state index is 9.56. The quantitative estimate of drug-likeness (QED) is 0.514. The molecule has 0 aliphatic heterocycles. The predicted molar refractivity (Wildman–Crippen MR) is 82.8 cm³/mol. The number of aliphatic hydroxyl groups is 3. The van der Waals surface area contributed by atoms with Crippen molar-refractivity contribution in [2.45, 2.75) is 52.9 Å². The first kappa shape index (κ1) is 19.8. The highest BCUT2D eigenvalue weighted by Gasteiger charge is 2.15. The highest BCUT2D eigenvalue weighted by molar-refractivity contribution is 4.69. The van der Waals surface area contributed by atoms with Crippen LogP contribution in [-0.4, -0.2) is 82.7 Å². The highest BCUT2D eigenvalue weighted by atomic mass is 16.3. The van der Waals surface area contributed by atoms with Gasteiger partial charge in [-0.25, -0.2) is 0 Å². The summed E-state index contributed by atoms with van der Waals surface area (Å²) < 4.78 is 0. The molecule has 0 radical (unpaired) electrons. The van der Waals surface area contributed by atoms with Gasteiger partial charge in [-0.2, -0.15) is 0 Å². The van der Waals surface area contributed by atoms with Gasteiger partial charge in [0.15, 0.2) is 0 Å². The molecule has 0 aromatic carbocycles. The van der Waals surface area contributed by atoms with Gasteiger partial charge in [-0.1, -0.05) is 13.8 Å². The number of aliphatic hydroxyl groups excluding tert-OH is 3. The molecular formula is C15H34N2O3. The molecule has 3 N–H and O–H groups in total. The van der Waals surface area contributed by atoms with Crippen molar-refractivity contribution < 1.29 is 15.3 Å². The van der Waals surface area contributed by atoms with Crippen LogP contribution in [0, 0.1) is 5.92 Å². The number of rotatable bonds is 11. The lowest BCUT2D eigenvalue weighted by Gasteiger charge is -2.30. The van der Waals surface area contributed by atoms with E-state index in [0.29, 0.717) is 25.6 Å². The first-order chi connectivity index (χ1) is 9.20. The van der Waals surface area contributed by atoms with Gasteiger partial charge >= 0.3 is 0 Å². The fraction of sp³-hybridized carbons (Fsp3) is 1.00. The second-order valence-electron chi connectivity index (χ2n) is 6.46. The Labute approximate surface area is 124 Å². The number of hydrogen-bond acceptors (Lipinski definition) is 5. The average molecular weight is 290 g/mol. The van der Waals surface area contributed by atoms with E-state index in [9.17, 15) is 15.3 Å². The van der Waals surface area contributed by atoms with E-state index in [1.54, 1.807) is 20.8 Å². The maximum atomic E-state index is 9.56. The summed E-state index contributed by atoms with van der Waals surface area (Å²) in [5.74, 6) is 0.552. The summed E-state index contributed by atoms with van der Waals surface area (Å²) in [5, 5.41) is 28.6. The van der Waals surface area contributed by atoms with Crippen molar-refractivity contribution in [3.63, 3.8) is 0 Å². The molecular weight excluding hydrogens is 256 g/mol. The van der Waals surface area contributed by atoms with Gasteiger partial charge in [0.05, 0.1) is 18.3 Å². The lowest BCUT2D eigenvalue weighted by atomic mass is 10.2. The van der Waals surface area contributed by atoms with E-state index in [1.807, 2.05) is 0 Å². The van der Waals surface area contributed by atoms with Crippen LogP contribution in [-0.2, 0) is 0 Å². The molecule has 0 aromatic heterocycles. The van der Waals surface area contributed by atoms with Gasteiger partial charge < -0.3 is 15.3 Å². The Morgan fingerprint density at radius 3 is 1.15 bits per heavy atom. The number of hydrogen-bond donors (Lipinski definition) is 3. The summed E-state index contributed by atoms with van der Waals surface area (Å²) in [6, 6.07) is 0. The first-order valence-corrected chi connectivity index (χ1v) is 7.69. The van der Waals surface area contributed by atoms with Crippen molar-refractivity contribution in [1.29, 1.82) is 0 Å². The largest absolute Gasteiger partial charge is 0.392 e. The second kappa shape index (κ2) is 10.5. The van der Waals surface area contributed by atoms with E-state index >= 15 is 0 Å². The summed E-state index contributed by atoms with van der Waals surface area (Å²) in [5.41, 5.74) is 0. The third-order valence-electron chi connectivity index (χ3n) is 2.92. The van der Waals surface area contributed by atoms with Crippen molar-refractivity contribution in [2.24, 2.45) is 5.92 Å². The third-order valence-corrected chi connectivity index (χ3v) is 2.92. The van der Waals surface area contributed by atoms with Gasteiger partial charge in [-0.05, 0) is 26.7 Å². The van der Waals surface area contributed by atoms with Crippen LogP contribution < -0.4 is 0 Å². The molecule has 0 aliphatic carbocycles. The topological polar surface area (TPSA) is 67.2 Å². The van der Waals surface area contributed by atoms with Crippen LogP contribution in [0.25, 0.3) is 0 Å². The van der Waals surface area contributed by atoms with E-state index in [2.05, 4.69) is 23.6 Å².